The molecule has 1 aliphatic rings. The Hall–Kier alpha value is -3.11. The fraction of sp³-hybridized carbons (Fsp3) is 0.214. The third-order valence-corrected chi connectivity index (χ3v) is 6.04. The topological polar surface area (TPSA) is 9.23 Å². The molecule has 0 spiro atoms. The second-order valence-corrected chi connectivity index (χ2v) is 8.10. The van der Waals surface area contributed by atoms with Crippen LogP contribution in [0.3, 0.4) is 0 Å². The van der Waals surface area contributed by atoms with Crippen LogP contribution in [0, 0.1) is 23.4 Å². The van der Waals surface area contributed by atoms with Crippen molar-refractivity contribution < 1.29 is 17.9 Å². The van der Waals surface area contributed by atoms with Crippen LogP contribution >= 0.6 is 0 Å². The van der Waals surface area contributed by atoms with E-state index in [1.54, 1.807) is 42.5 Å². The molecule has 1 nitrogen and oxygen atoms in total. The second-order valence-electron chi connectivity index (χ2n) is 8.10. The summed E-state index contributed by atoms with van der Waals surface area (Å²) >= 11 is 0. The van der Waals surface area contributed by atoms with Gasteiger partial charge in [-0.2, -0.15) is 0 Å². The Morgan fingerprint density at radius 3 is 2.12 bits per heavy atom. The first-order chi connectivity index (χ1) is 15.5. The molecular formula is C28H25F3O. The van der Waals surface area contributed by atoms with Crippen LogP contribution in [0.15, 0.2) is 79.9 Å². The summed E-state index contributed by atoms with van der Waals surface area (Å²) in [5.41, 5.74) is 2.90. The lowest BCUT2D eigenvalue weighted by atomic mass is 9.93. The molecule has 1 fully saturated rings. The van der Waals surface area contributed by atoms with Crippen molar-refractivity contribution in [3.63, 3.8) is 0 Å². The van der Waals surface area contributed by atoms with Crippen LogP contribution in [0.5, 0.6) is 0 Å². The van der Waals surface area contributed by atoms with Gasteiger partial charge in [-0.3, -0.25) is 0 Å². The molecule has 0 amide bonds. The van der Waals surface area contributed by atoms with Crippen molar-refractivity contribution in [2.45, 2.75) is 25.4 Å². The summed E-state index contributed by atoms with van der Waals surface area (Å²) in [7, 11) is 0. The van der Waals surface area contributed by atoms with Crippen LogP contribution in [0.2, 0.25) is 0 Å². The first-order valence-electron chi connectivity index (χ1n) is 10.7. The van der Waals surface area contributed by atoms with Gasteiger partial charge >= 0.3 is 0 Å². The van der Waals surface area contributed by atoms with E-state index in [0.29, 0.717) is 29.2 Å². The number of halogens is 3. The summed E-state index contributed by atoms with van der Waals surface area (Å²) < 4.78 is 49.6. The summed E-state index contributed by atoms with van der Waals surface area (Å²) in [5.74, 6) is -1.74. The highest BCUT2D eigenvalue weighted by Gasteiger charge is 2.22. The molecule has 1 heterocycles. The van der Waals surface area contributed by atoms with E-state index in [1.807, 2.05) is 12.1 Å². The largest absolute Gasteiger partial charge is 0.373 e. The van der Waals surface area contributed by atoms with Gasteiger partial charge in [-0.15, -0.1) is 13.2 Å². The van der Waals surface area contributed by atoms with Gasteiger partial charge in [0.15, 0.2) is 11.6 Å². The predicted octanol–water partition coefficient (Wildman–Crippen LogP) is 7.82. The van der Waals surface area contributed by atoms with Crippen LogP contribution in [0.4, 0.5) is 13.2 Å². The molecule has 1 aliphatic heterocycles. The molecule has 2 unspecified atom stereocenters. The number of hydrogen-bond donors (Lipinski definition) is 0. The molecule has 3 aromatic rings. The molecule has 0 aromatic heterocycles. The zero-order valence-corrected chi connectivity index (χ0v) is 17.8. The predicted molar refractivity (Wildman–Crippen MR) is 123 cm³/mol. The normalized spacial score (nSPS) is 18.3. The fourth-order valence-electron chi connectivity index (χ4n) is 4.14. The number of benzene rings is 3. The first kappa shape index (κ1) is 22.1. The van der Waals surface area contributed by atoms with E-state index in [2.05, 4.69) is 13.2 Å². The average Bonchev–Trinajstić information content (AvgIpc) is 2.82. The van der Waals surface area contributed by atoms with Crippen molar-refractivity contribution in [1.82, 2.24) is 0 Å². The Morgan fingerprint density at radius 2 is 1.53 bits per heavy atom. The van der Waals surface area contributed by atoms with Crippen molar-refractivity contribution >= 4 is 0 Å². The van der Waals surface area contributed by atoms with E-state index in [1.165, 1.54) is 12.1 Å². The zero-order chi connectivity index (χ0) is 22.7. The Kier molecular flexibility index (Phi) is 6.61. The second kappa shape index (κ2) is 9.58. The molecule has 4 heteroatoms. The molecule has 0 radical (unpaired) electrons. The highest BCUT2D eigenvalue weighted by Crippen LogP contribution is 2.34. The van der Waals surface area contributed by atoms with Gasteiger partial charge < -0.3 is 4.74 Å². The Labute approximate surface area is 186 Å². The van der Waals surface area contributed by atoms with Crippen molar-refractivity contribution in [2.24, 2.45) is 5.92 Å². The van der Waals surface area contributed by atoms with Gasteiger partial charge in [0.2, 0.25) is 0 Å². The van der Waals surface area contributed by atoms with Crippen LogP contribution in [-0.2, 0) is 11.2 Å². The molecule has 0 saturated carbocycles. The van der Waals surface area contributed by atoms with Crippen LogP contribution in [0.25, 0.3) is 22.3 Å². The minimum Gasteiger partial charge on any atom is -0.373 e. The maximum Gasteiger partial charge on any atom is 0.166 e. The monoisotopic (exact) mass is 434 g/mol. The molecule has 32 heavy (non-hydrogen) atoms. The van der Waals surface area contributed by atoms with E-state index >= 15 is 0 Å². The van der Waals surface area contributed by atoms with Gasteiger partial charge in [0.05, 0.1) is 12.7 Å². The number of ether oxygens (including phenoxy) is 1. The van der Waals surface area contributed by atoms with Crippen molar-refractivity contribution in [1.29, 1.82) is 0 Å². The van der Waals surface area contributed by atoms with Crippen molar-refractivity contribution in [3.8, 4) is 22.3 Å². The Morgan fingerprint density at radius 1 is 0.844 bits per heavy atom. The van der Waals surface area contributed by atoms with Gasteiger partial charge in [-0.1, -0.05) is 60.7 Å². The summed E-state index contributed by atoms with van der Waals surface area (Å²) in [5, 5.41) is 0. The molecule has 4 rings (SSSR count). The maximum absolute atomic E-state index is 14.9. The lowest BCUT2D eigenvalue weighted by molar-refractivity contribution is -0.00528. The number of hydrogen-bond acceptors (Lipinski definition) is 1. The molecular weight excluding hydrogens is 409 g/mol. The van der Waals surface area contributed by atoms with Crippen LogP contribution < -0.4 is 0 Å². The summed E-state index contributed by atoms with van der Waals surface area (Å²) in [4.78, 5) is 0. The number of rotatable bonds is 6. The minimum absolute atomic E-state index is 0.112. The minimum atomic E-state index is -0.890. The van der Waals surface area contributed by atoms with E-state index in [-0.39, 0.29) is 29.5 Å². The Bertz CT molecular complexity index is 1130. The average molecular weight is 435 g/mol. The third kappa shape index (κ3) is 4.42. The lowest BCUT2D eigenvalue weighted by Crippen LogP contribution is -2.19. The lowest BCUT2D eigenvalue weighted by Gasteiger charge is -2.27. The summed E-state index contributed by atoms with van der Waals surface area (Å²) in [6.45, 7) is 7.97. The SMILES string of the molecule is C=CCc1ccc(-c2ccc(-c3ccc(C4CCC(C=C)CO4)cc3F)cc2)c(F)c1F. The van der Waals surface area contributed by atoms with Gasteiger partial charge in [0.25, 0.3) is 0 Å². The van der Waals surface area contributed by atoms with Crippen LogP contribution in [-0.4, -0.2) is 6.61 Å². The quantitative estimate of drug-likeness (QED) is 0.359. The van der Waals surface area contributed by atoms with Crippen molar-refractivity contribution in [3.05, 3.63) is 108 Å². The van der Waals surface area contributed by atoms with Gasteiger partial charge in [0.1, 0.15) is 5.82 Å². The standard InChI is InChI=1S/C28H25F3O/c1-3-5-21-11-14-24(28(31)27(21)30)20-9-7-19(8-10-20)23-13-12-22(16-25(23)29)26-15-6-18(4-2)17-32-26/h3-4,7-14,16,18,26H,1-2,5-6,15,17H2. The van der Waals surface area contributed by atoms with E-state index in [0.717, 1.165) is 18.4 Å². The fourth-order valence-corrected chi connectivity index (χ4v) is 4.14. The van der Waals surface area contributed by atoms with Gasteiger partial charge in [0, 0.05) is 17.0 Å². The third-order valence-electron chi connectivity index (χ3n) is 6.04. The molecule has 0 bridgehead atoms. The van der Waals surface area contributed by atoms with Crippen LogP contribution in [0.1, 0.15) is 30.1 Å². The smallest absolute Gasteiger partial charge is 0.166 e. The van der Waals surface area contributed by atoms with Gasteiger partial charge in [-0.05, 0) is 47.6 Å². The molecule has 3 aromatic carbocycles. The molecule has 2 atom stereocenters. The highest BCUT2D eigenvalue weighted by atomic mass is 19.2. The van der Waals surface area contributed by atoms with E-state index in [9.17, 15) is 13.2 Å². The molecule has 164 valence electrons. The number of allylic oxidation sites excluding steroid dienone is 1. The zero-order valence-electron chi connectivity index (χ0n) is 17.8. The maximum atomic E-state index is 14.9. The van der Waals surface area contributed by atoms with E-state index in [4.69, 9.17) is 4.74 Å². The Balaban J connectivity index is 1.55. The molecule has 1 saturated heterocycles. The summed E-state index contributed by atoms with van der Waals surface area (Å²) in [6, 6.07) is 15.1. The van der Waals surface area contributed by atoms with E-state index < -0.39 is 11.6 Å². The van der Waals surface area contributed by atoms with Gasteiger partial charge in [-0.25, -0.2) is 13.2 Å². The molecule has 0 N–H and O–H groups in total. The molecule has 0 aliphatic carbocycles. The summed E-state index contributed by atoms with van der Waals surface area (Å²) in [6.07, 6.45) is 5.39. The highest BCUT2D eigenvalue weighted by molar-refractivity contribution is 5.71. The first-order valence-corrected chi connectivity index (χ1v) is 10.7. The van der Waals surface area contributed by atoms with Crippen molar-refractivity contribution in [2.75, 3.05) is 6.61 Å².